The van der Waals surface area contributed by atoms with Gasteiger partial charge in [0.25, 0.3) is 0 Å². The van der Waals surface area contributed by atoms with Crippen molar-refractivity contribution in [1.29, 1.82) is 0 Å². The summed E-state index contributed by atoms with van der Waals surface area (Å²) in [6.45, 7) is 3.55. The molecule has 3 aromatic heterocycles. The van der Waals surface area contributed by atoms with E-state index in [9.17, 15) is 8.78 Å². The number of nitrogens with zero attached hydrogens (tertiary/aromatic N) is 5. The monoisotopic (exact) mass is 453 g/mol. The Morgan fingerprint density at radius 3 is 1.96 bits per heavy atom. The molecule has 0 radical (unpaired) electrons. The van der Waals surface area contributed by atoms with Gasteiger partial charge in [-0.3, -0.25) is 0 Å². The van der Waals surface area contributed by atoms with Crippen LogP contribution in [0.4, 0.5) is 19.7 Å². The summed E-state index contributed by atoms with van der Waals surface area (Å²) in [6.07, 6.45) is 0. The van der Waals surface area contributed by atoms with Gasteiger partial charge in [-0.1, -0.05) is 34.8 Å². The molecule has 0 aliphatic rings. The van der Waals surface area contributed by atoms with Crippen molar-refractivity contribution in [1.82, 2.24) is 24.9 Å². The number of nitrogen functional groups attached to an aromatic ring is 1. The van der Waals surface area contributed by atoms with Crippen LogP contribution in [0.3, 0.4) is 0 Å². The molecule has 3 rings (SSSR count). The lowest BCUT2D eigenvalue weighted by Gasteiger charge is -2.06. The second-order valence-corrected chi connectivity index (χ2v) is 6.88. The molecule has 3 aromatic rings. The Hall–Kier alpha value is -1.88. The van der Waals surface area contributed by atoms with Crippen molar-refractivity contribution in [2.45, 2.75) is 20.4 Å². The average Bonchev–Trinajstić information content (AvgIpc) is 3.00. The average molecular weight is 455 g/mol. The number of halogens is 5. The zero-order valence-corrected chi connectivity index (χ0v) is 17.0. The van der Waals surface area contributed by atoms with Gasteiger partial charge in [0, 0.05) is 5.38 Å². The van der Waals surface area contributed by atoms with E-state index in [0.29, 0.717) is 23.3 Å². The van der Waals surface area contributed by atoms with Gasteiger partial charge in [-0.15, -0.1) is 11.3 Å². The quantitative estimate of drug-likeness (QED) is 0.563. The van der Waals surface area contributed by atoms with Crippen LogP contribution >= 0.6 is 46.1 Å². The van der Waals surface area contributed by atoms with E-state index in [4.69, 9.17) is 40.5 Å². The maximum atomic E-state index is 13.5. The number of thiazole rings is 1. The van der Waals surface area contributed by atoms with Crippen LogP contribution in [0.2, 0.25) is 15.5 Å². The lowest BCUT2D eigenvalue weighted by Crippen LogP contribution is -2.06. The zero-order chi connectivity index (χ0) is 20.1. The smallest absolute Gasteiger partial charge is 0.202 e. The summed E-state index contributed by atoms with van der Waals surface area (Å²) < 4.78 is 26.0. The summed E-state index contributed by atoms with van der Waals surface area (Å²) in [5.74, 6) is -0.614. The summed E-state index contributed by atoms with van der Waals surface area (Å²) in [5.41, 5.74) is 6.21. The molecule has 0 aliphatic heterocycles. The Bertz CT molecular complexity index is 931. The van der Waals surface area contributed by atoms with Crippen LogP contribution in [0, 0.1) is 25.5 Å². The second kappa shape index (κ2) is 9.36. The van der Waals surface area contributed by atoms with Crippen LogP contribution in [0.5, 0.6) is 0 Å². The molecule has 0 aromatic carbocycles. The van der Waals surface area contributed by atoms with E-state index >= 15 is 0 Å². The number of aromatic nitrogens is 5. The van der Waals surface area contributed by atoms with Crippen molar-refractivity contribution in [2.24, 2.45) is 0 Å². The van der Waals surface area contributed by atoms with Crippen LogP contribution in [0.25, 0.3) is 0 Å². The van der Waals surface area contributed by atoms with E-state index < -0.39 is 11.6 Å². The molecule has 7 nitrogen and oxygen atoms in total. The predicted octanol–water partition coefficient (Wildman–Crippen LogP) is 4.46. The number of hydrogen-bond acceptors (Lipinski definition) is 8. The van der Waals surface area contributed by atoms with Gasteiger partial charge >= 0.3 is 0 Å². The van der Waals surface area contributed by atoms with E-state index in [2.05, 4.69) is 30.2 Å². The predicted molar refractivity (Wildman–Crippen MR) is 102 cm³/mol. The molecular formula is C14H12Cl3F2N7S. The third-order valence-corrected chi connectivity index (χ3v) is 4.29. The van der Waals surface area contributed by atoms with Gasteiger partial charge in [0.2, 0.25) is 5.82 Å². The third-order valence-electron chi connectivity index (χ3n) is 2.81. The Labute approximate surface area is 172 Å². The lowest BCUT2D eigenvalue weighted by atomic mass is 10.4. The van der Waals surface area contributed by atoms with Crippen LogP contribution < -0.4 is 11.1 Å². The van der Waals surface area contributed by atoms with Gasteiger partial charge in [-0.25, -0.2) is 29.3 Å². The fraction of sp³-hybridized carbons (Fsp3) is 0.214. The van der Waals surface area contributed by atoms with Crippen molar-refractivity contribution in [2.75, 3.05) is 11.1 Å². The number of anilines is 2. The summed E-state index contributed by atoms with van der Waals surface area (Å²) in [6, 6.07) is 0. The van der Waals surface area contributed by atoms with Crippen molar-refractivity contribution >= 4 is 57.1 Å². The summed E-state index contributed by atoms with van der Waals surface area (Å²) in [4.78, 5) is 18.7. The van der Waals surface area contributed by atoms with E-state index in [0.717, 1.165) is 5.69 Å². The number of aryl methyl sites for hydroxylation is 2. The first-order valence-corrected chi connectivity index (χ1v) is 9.17. The Morgan fingerprint density at radius 2 is 1.44 bits per heavy atom. The normalized spacial score (nSPS) is 10.3. The van der Waals surface area contributed by atoms with Crippen LogP contribution in [-0.2, 0) is 6.54 Å². The Balaban J connectivity index is 0.000000223. The molecule has 3 heterocycles. The topological polar surface area (TPSA) is 102 Å². The highest BCUT2D eigenvalue weighted by Gasteiger charge is 2.11. The van der Waals surface area contributed by atoms with Crippen molar-refractivity contribution in [3.63, 3.8) is 0 Å². The first-order valence-electron chi connectivity index (χ1n) is 7.16. The number of nitrogens with one attached hydrogen (secondary N) is 1. The number of nitrogens with two attached hydrogens (primary N) is 1. The SMILES string of the molecule is Cc1nc(Cl)c(F)c(Cl)n1.Cc1nc(Cl)c(F)c(NCc2csc(N)n2)n1. The fourth-order valence-corrected chi connectivity index (χ4v) is 2.96. The van der Waals surface area contributed by atoms with E-state index in [1.807, 2.05) is 0 Å². The van der Waals surface area contributed by atoms with Gasteiger partial charge in [0.15, 0.2) is 32.2 Å². The van der Waals surface area contributed by atoms with Crippen LogP contribution in [-0.4, -0.2) is 24.9 Å². The minimum Gasteiger partial charge on any atom is -0.375 e. The van der Waals surface area contributed by atoms with E-state index in [1.165, 1.54) is 11.3 Å². The number of hydrogen-bond donors (Lipinski definition) is 2. The highest BCUT2D eigenvalue weighted by molar-refractivity contribution is 7.13. The number of rotatable bonds is 3. The van der Waals surface area contributed by atoms with Crippen molar-refractivity contribution in [3.05, 3.63) is 49.8 Å². The molecule has 0 aliphatic carbocycles. The van der Waals surface area contributed by atoms with Crippen molar-refractivity contribution < 1.29 is 8.78 Å². The van der Waals surface area contributed by atoms with E-state index in [-0.39, 0.29) is 21.3 Å². The molecule has 0 saturated heterocycles. The van der Waals surface area contributed by atoms with E-state index in [1.54, 1.807) is 19.2 Å². The molecule has 0 amide bonds. The maximum absolute atomic E-state index is 13.5. The standard InChI is InChI=1S/C9H9ClFN5S.C5H3Cl2FN2/c1-4-14-7(10)6(11)8(15-4)13-2-5-3-17-9(12)16-5;1-2-9-4(6)3(8)5(7)10-2/h3H,2H2,1H3,(H2,12,16)(H,13,14,15);1H3. The molecule has 13 heteroatoms. The maximum Gasteiger partial charge on any atom is 0.202 e. The molecule has 0 atom stereocenters. The highest BCUT2D eigenvalue weighted by Crippen LogP contribution is 2.20. The van der Waals surface area contributed by atoms with Gasteiger partial charge in [0.05, 0.1) is 12.2 Å². The van der Waals surface area contributed by atoms with Crippen molar-refractivity contribution in [3.8, 4) is 0 Å². The first-order chi connectivity index (χ1) is 12.7. The molecular weight excluding hydrogens is 443 g/mol. The van der Waals surface area contributed by atoms with Gasteiger partial charge in [0.1, 0.15) is 11.6 Å². The molecule has 0 saturated carbocycles. The highest BCUT2D eigenvalue weighted by atomic mass is 35.5. The van der Waals surface area contributed by atoms with Gasteiger partial charge in [-0.05, 0) is 13.8 Å². The molecule has 3 N–H and O–H groups in total. The molecule has 144 valence electrons. The molecule has 0 spiro atoms. The van der Waals surface area contributed by atoms with Gasteiger partial charge < -0.3 is 11.1 Å². The third kappa shape index (κ3) is 6.06. The van der Waals surface area contributed by atoms with Crippen LogP contribution in [0.1, 0.15) is 17.3 Å². The summed E-state index contributed by atoms with van der Waals surface area (Å²) >= 11 is 17.5. The van der Waals surface area contributed by atoms with Gasteiger partial charge in [-0.2, -0.15) is 4.39 Å². The molecule has 0 unspecified atom stereocenters. The molecule has 0 fully saturated rings. The first kappa shape index (κ1) is 21.4. The largest absolute Gasteiger partial charge is 0.375 e. The minimum absolute atomic E-state index is 0.0640. The summed E-state index contributed by atoms with van der Waals surface area (Å²) in [5, 5.41) is 4.39. The lowest BCUT2D eigenvalue weighted by molar-refractivity contribution is 0.612. The zero-order valence-electron chi connectivity index (χ0n) is 13.9. The van der Waals surface area contributed by atoms with Crippen LogP contribution in [0.15, 0.2) is 5.38 Å². The minimum atomic E-state index is -0.770. The second-order valence-electron chi connectivity index (χ2n) is 4.92. The molecule has 27 heavy (non-hydrogen) atoms. The Morgan fingerprint density at radius 1 is 0.926 bits per heavy atom. The Kier molecular flexibility index (Phi) is 7.42. The summed E-state index contributed by atoms with van der Waals surface area (Å²) in [7, 11) is 0. The molecule has 0 bridgehead atoms. The fourth-order valence-electron chi connectivity index (χ4n) is 1.71.